The molecule has 1 aromatic heterocycles. The Morgan fingerprint density at radius 1 is 1.31 bits per heavy atom. The Hall–Kier alpha value is -0.610. The van der Waals surface area contributed by atoms with Crippen LogP contribution in [0.15, 0.2) is 4.52 Å². The first kappa shape index (κ1) is 15.4. The second-order valence-electron chi connectivity index (χ2n) is 5.08. The molecule has 0 saturated heterocycles. The minimum absolute atomic E-state index is 0. The normalized spacial score (nSPS) is 11.2. The van der Waals surface area contributed by atoms with Crippen molar-refractivity contribution in [3.05, 3.63) is 11.7 Å². The summed E-state index contributed by atoms with van der Waals surface area (Å²) in [5.74, 6) is 1.46. The zero-order chi connectivity index (χ0) is 11.3. The quantitative estimate of drug-likeness (QED) is 0.812. The van der Waals surface area contributed by atoms with Gasteiger partial charge in [-0.2, -0.15) is 4.98 Å². The molecule has 16 heavy (non-hydrogen) atoms. The van der Waals surface area contributed by atoms with E-state index in [0.29, 0.717) is 11.2 Å². The van der Waals surface area contributed by atoms with Crippen molar-refractivity contribution in [2.24, 2.45) is 5.41 Å². The first-order valence-electron chi connectivity index (χ1n) is 5.47. The van der Waals surface area contributed by atoms with Gasteiger partial charge in [-0.3, -0.25) is 0 Å². The molecule has 0 amide bonds. The average molecular weight is 248 g/mol. The monoisotopic (exact) mass is 247 g/mol. The third-order valence-electron chi connectivity index (χ3n) is 1.97. The summed E-state index contributed by atoms with van der Waals surface area (Å²) in [7, 11) is 0. The Bertz CT molecular complexity index is 294. The van der Waals surface area contributed by atoms with Crippen LogP contribution in [-0.4, -0.2) is 23.2 Å². The number of rotatable bonds is 5. The highest BCUT2D eigenvalue weighted by atomic mass is 35.5. The van der Waals surface area contributed by atoms with Gasteiger partial charge >= 0.3 is 0 Å². The molecular weight excluding hydrogens is 226 g/mol. The number of hydrogen-bond acceptors (Lipinski definition) is 4. The predicted molar refractivity (Wildman–Crippen MR) is 66.9 cm³/mol. The molecule has 94 valence electrons. The molecule has 0 spiro atoms. The number of nitrogens with one attached hydrogen (secondary N) is 1. The fourth-order valence-electron chi connectivity index (χ4n) is 1.27. The van der Waals surface area contributed by atoms with Gasteiger partial charge < -0.3 is 9.84 Å². The topological polar surface area (TPSA) is 51.0 Å². The Morgan fingerprint density at radius 2 is 2.00 bits per heavy atom. The van der Waals surface area contributed by atoms with Crippen LogP contribution in [0.4, 0.5) is 0 Å². The maximum absolute atomic E-state index is 5.02. The lowest BCUT2D eigenvalue weighted by molar-refractivity contribution is 0.360. The minimum atomic E-state index is 0. The second kappa shape index (κ2) is 6.86. The fraction of sp³-hybridized carbons (Fsp3) is 0.818. The van der Waals surface area contributed by atoms with Gasteiger partial charge in [-0.1, -0.05) is 25.9 Å². The van der Waals surface area contributed by atoms with Crippen LogP contribution in [0.5, 0.6) is 0 Å². The van der Waals surface area contributed by atoms with E-state index in [-0.39, 0.29) is 12.4 Å². The molecule has 0 aliphatic carbocycles. The van der Waals surface area contributed by atoms with Gasteiger partial charge in [0.05, 0.1) is 0 Å². The molecule has 0 fully saturated rings. The van der Waals surface area contributed by atoms with Crippen LogP contribution in [0.2, 0.25) is 0 Å². The fourth-order valence-corrected chi connectivity index (χ4v) is 1.27. The van der Waals surface area contributed by atoms with Crippen LogP contribution in [0.3, 0.4) is 0 Å². The van der Waals surface area contributed by atoms with Gasteiger partial charge in [0.25, 0.3) is 0 Å². The van der Waals surface area contributed by atoms with Crippen molar-refractivity contribution < 1.29 is 4.52 Å². The number of aryl methyl sites for hydroxylation is 2. The van der Waals surface area contributed by atoms with Crippen molar-refractivity contribution in [3.63, 3.8) is 0 Å². The highest BCUT2D eigenvalue weighted by Gasteiger charge is 2.08. The Balaban J connectivity index is 0.00000225. The van der Waals surface area contributed by atoms with E-state index >= 15 is 0 Å². The van der Waals surface area contributed by atoms with Crippen molar-refractivity contribution in [1.82, 2.24) is 15.5 Å². The van der Waals surface area contributed by atoms with E-state index in [1.54, 1.807) is 0 Å². The van der Waals surface area contributed by atoms with Crippen molar-refractivity contribution in [2.75, 3.05) is 13.1 Å². The van der Waals surface area contributed by atoms with E-state index in [1.165, 1.54) is 0 Å². The molecule has 1 N–H and O–H groups in total. The third kappa shape index (κ3) is 6.80. The van der Waals surface area contributed by atoms with Gasteiger partial charge in [0.1, 0.15) is 0 Å². The highest BCUT2D eigenvalue weighted by molar-refractivity contribution is 5.85. The SMILES string of the molecule is Cc1noc(CCCNCC(C)(C)C)n1.Cl. The lowest BCUT2D eigenvalue weighted by Crippen LogP contribution is -2.27. The van der Waals surface area contributed by atoms with Crippen LogP contribution in [0, 0.1) is 12.3 Å². The van der Waals surface area contributed by atoms with Crippen molar-refractivity contribution in [3.8, 4) is 0 Å². The van der Waals surface area contributed by atoms with Crippen LogP contribution in [0.1, 0.15) is 38.9 Å². The summed E-state index contributed by atoms with van der Waals surface area (Å²) < 4.78 is 5.02. The Morgan fingerprint density at radius 3 is 2.50 bits per heavy atom. The molecule has 0 bridgehead atoms. The van der Waals surface area contributed by atoms with Crippen molar-refractivity contribution in [2.45, 2.75) is 40.5 Å². The van der Waals surface area contributed by atoms with Crippen LogP contribution >= 0.6 is 12.4 Å². The zero-order valence-corrected chi connectivity index (χ0v) is 11.4. The second-order valence-corrected chi connectivity index (χ2v) is 5.08. The molecule has 1 rings (SSSR count). The molecular formula is C11H22ClN3O. The maximum Gasteiger partial charge on any atom is 0.226 e. The molecule has 0 aromatic carbocycles. The van der Waals surface area contributed by atoms with E-state index in [1.807, 2.05) is 6.92 Å². The van der Waals surface area contributed by atoms with Gasteiger partial charge in [0, 0.05) is 6.42 Å². The zero-order valence-electron chi connectivity index (χ0n) is 10.5. The van der Waals surface area contributed by atoms with Gasteiger partial charge in [-0.15, -0.1) is 12.4 Å². The van der Waals surface area contributed by atoms with Gasteiger partial charge in [0.2, 0.25) is 5.89 Å². The van der Waals surface area contributed by atoms with Gasteiger partial charge in [0.15, 0.2) is 5.82 Å². The molecule has 0 saturated carbocycles. The standard InChI is InChI=1S/C11H21N3O.ClH/c1-9-13-10(15-14-9)6-5-7-12-8-11(2,3)4;/h12H,5-8H2,1-4H3;1H. The van der Waals surface area contributed by atoms with E-state index in [0.717, 1.165) is 31.8 Å². The minimum Gasteiger partial charge on any atom is -0.339 e. The summed E-state index contributed by atoms with van der Waals surface area (Å²) in [6, 6.07) is 0. The summed E-state index contributed by atoms with van der Waals surface area (Å²) >= 11 is 0. The molecule has 4 nitrogen and oxygen atoms in total. The lowest BCUT2D eigenvalue weighted by Gasteiger charge is -2.18. The summed E-state index contributed by atoms with van der Waals surface area (Å²) in [5, 5.41) is 7.16. The Kier molecular flexibility index (Phi) is 6.60. The van der Waals surface area contributed by atoms with Gasteiger partial charge in [-0.25, -0.2) is 0 Å². The Labute approximate surface area is 104 Å². The molecule has 5 heteroatoms. The molecule has 1 heterocycles. The highest BCUT2D eigenvalue weighted by Crippen LogP contribution is 2.10. The average Bonchev–Trinajstić information content (AvgIpc) is 2.49. The van der Waals surface area contributed by atoms with E-state index in [4.69, 9.17) is 4.52 Å². The molecule has 0 radical (unpaired) electrons. The number of hydrogen-bond donors (Lipinski definition) is 1. The summed E-state index contributed by atoms with van der Waals surface area (Å²) in [5.41, 5.74) is 0.348. The molecule has 1 aromatic rings. The third-order valence-corrected chi connectivity index (χ3v) is 1.97. The van der Waals surface area contributed by atoms with Crippen LogP contribution in [-0.2, 0) is 6.42 Å². The summed E-state index contributed by atoms with van der Waals surface area (Å²) in [6.07, 6.45) is 1.90. The van der Waals surface area contributed by atoms with E-state index in [9.17, 15) is 0 Å². The van der Waals surface area contributed by atoms with E-state index < -0.39 is 0 Å². The predicted octanol–water partition coefficient (Wildman–Crippen LogP) is 2.37. The molecule has 0 aliphatic heterocycles. The van der Waals surface area contributed by atoms with Gasteiger partial charge in [-0.05, 0) is 31.8 Å². The number of aromatic nitrogens is 2. The first-order chi connectivity index (χ1) is 6.97. The van der Waals surface area contributed by atoms with Crippen LogP contribution < -0.4 is 5.32 Å². The van der Waals surface area contributed by atoms with E-state index in [2.05, 4.69) is 36.2 Å². The number of halogens is 1. The lowest BCUT2D eigenvalue weighted by atomic mass is 9.97. The van der Waals surface area contributed by atoms with Crippen LogP contribution in [0.25, 0.3) is 0 Å². The summed E-state index contributed by atoms with van der Waals surface area (Å²) in [6.45, 7) is 10.5. The maximum atomic E-state index is 5.02. The largest absolute Gasteiger partial charge is 0.339 e. The first-order valence-corrected chi connectivity index (χ1v) is 5.47. The van der Waals surface area contributed by atoms with Crippen molar-refractivity contribution in [1.29, 1.82) is 0 Å². The smallest absolute Gasteiger partial charge is 0.226 e. The molecule has 0 unspecified atom stereocenters. The molecule has 0 aliphatic rings. The number of nitrogens with zero attached hydrogens (tertiary/aromatic N) is 2. The van der Waals surface area contributed by atoms with Crippen molar-refractivity contribution >= 4 is 12.4 Å². The molecule has 0 atom stereocenters. The summed E-state index contributed by atoms with van der Waals surface area (Å²) in [4.78, 5) is 4.15.